The van der Waals surface area contributed by atoms with Crippen molar-refractivity contribution >= 4 is 52.1 Å². The maximum atomic E-state index is 9.17. The Labute approximate surface area is 136 Å². The Hall–Kier alpha value is -1.00. The van der Waals surface area contributed by atoms with Gasteiger partial charge >= 0.3 is 0 Å². The Balaban J connectivity index is 0.000000200. The molecule has 0 aliphatic rings. The van der Waals surface area contributed by atoms with Gasteiger partial charge < -0.3 is 15.9 Å². The largest absolute Gasteiger partial charge is 0.506 e. The molecule has 0 atom stereocenters. The molecule has 7 heteroatoms. The standard InChI is InChI=1S/C7H6Cl2O.C6H5Cl2NO/c1-4-2-3-5(8)6(9)7(4)10;7-3-1-2-4(9)6(10)5(3)8/h2-3,10H,1H3;1-2,10H,9H2. The van der Waals surface area contributed by atoms with Crippen molar-refractivity contribution in [1.82, 2.24) is 0 Å². The molecule has 0 saturated heterocycles. The van der Waals surface area contributed by atoms with E-state index in [0.717, 1.165) is 5.56 Å². The summed E-state index contributed by atoms with van der Waals surface area (Å²) < 4.78 is 0. The van der Waals surface area contributed by atoms with E-state index >= 15 is 0 Å². The van der Waals surface area contributed by atoms with Gasteiger partial charge in [-0.3, -0.25) is 0 Å². The molecule has 0 unspecified atom stereocenters. The van der Waals surface area contributed by atoms with E-state index in [2.05, 4.69) is 0 Å². The predicted octanol–water partition coefficient (Wildman–Crippen LogP) is 5.29. The second-order valence-corrected chi connectivity index (χ2v) is 5.40. The molecule has 0 bridgehead atoms. The number of phenols is 2. The summed E-state index contributed by atoms with van der Waals surface area (Å²) in [4.78, 5) is 0. The third-order valence-electron chi connectivity index (χ3n) is 2.37. The van der Waals surface area contributed by atoms with Crippen LogP contribution in [-0.2, 0) is 0 Å². The highest BCUT2D eigenvalue weighted by Gasteiger charge is 2.05. The summed E-state index contributed by atoms with van der Waals surface area (Å²) in [6, 6.07) is 6.38. The first-order valence-corrected chi connectivity index (χ1v) is 6.83. The SMILES string of the molecule is Cc1ccc(Cl)c(Cl)c1O.Nc1ccc(Cl)c(Cl)c1O. The molecule has 2 aromatic carbocycles. The van der Waals surface area contributed by atoms with Gasteiger partial charge in [0.1, 0.15) is 15.8 Å². The highest BCUT2D eigenvalue weighted by atomic mass is 35.5. The number of nitrogen functional groups attached to an aromatic ring is 1. The number of benzene rings is 2. The van der Waals surface area contributed by atoms with Gasteiger partial charge in [-0.25, -0.2) is 0 Å². The van der Waals surface area contributed by atoms with Crippen LogP contribution in [0.25, 0.3) is 0 Å². The number of hydrogen-bond donors (Lipinski definition) is 3. The lowest BCUT2D eigenvalue weighted by atomic mass is 10.2. The zero-order chi connectivity index (χ0) is 15.4. The maximum absolute atomic E-state index is 9.17. The summed E-state index contributed by atoms with van der Waals surface area (Å²) in [5, 5.41) is 19.2. The minimum atomic E-state index is -0.158. The lowest BCUT2D eigenvalue weighted by Crippen LogP contribution is -1.85. The molecule has 108 valence electrons. The van der Waals surface area contributed by atoms with Crippen LogP contribution in [-0.4, -0.2) is 10.2 Å². The number of halogens is 4. The topological polar surface area (TPSA) is 66.5 Å². The number of anilines is 1. The third-order valence-corrected chi connectivity index (χ3v) is 3.96. The summed E-state index contributed by atoms with van der Waals surface area (Å²) in [7, 11) is 0. The normalized spacial score (nSPS) is 9.85. The first kappa shape index (κ1) is 17.1. The minimum absolute atomic E-state index is 0.0640. The van der Waals surface area contributed by atoms with Crippen LogP contribution >= 0.6 is 46.4 Å². The molecule has 0 aliphatic heterocycles. The van der Waals surface area contributed by atoms with E-state index in [-0.39, 0.29) is 27.2 Å². The fourth-order valence-electron chi connectivity index (χ4n) is 1.19. The Morgan fingerprint density at radius 3 is 1.70 bits per heavy atom. The van der Waals surface area contributed by atoms with E-state index in [9.17, 15) is 5.11 Å². The molecule has 0 fully saturated rings. The van der Waals surface area contributed by atoms with Crippen LogP contribution in [0.5, 0.6) is 11.5 Å². The molecule has 0 aliphatic carbocycles. The molecule has 0 saturated carbocycles. The van der Waals surface area contributed by atoms with Gasteiger partial charge in [0.25, 0.3) is 0 Å². The average Bonchev–Trinajstić information content (AvgIpc) is 2.43. The quantitative estimate of drug-likeness (QED) is 0.444. The Morgan fingerprint density at radius 2 is 1.25 bits per heavy atom. The minimum Gasteiger partial charge on any atom is -0.506 e. The molecule has 0 spiro atoms. The monoisotopic (exact) mass is 353 g/mol. The van der Waals surface area contributed by atoms with Crippen molar-refractivity contribution in [2.24, 2.45) is 0 Å². The van der Waals surface area contributed by atoms with Crippen LogP contribution < -0.4 is 5.73 Å². The van der Waals surface area contributed by atoms with Gasteiger partial charge in [-0.2, -0.15) is 0 Å². The fraction of sp³-hybridized carbons (Fsp3) is 0.0769. The number of nitrogens with two attached hydrogens (primary N) is 1. The summed E-state index contributed by atoms with van der Waals surface area (Å²) in [6.45, 7) is 1.76. The second kappa shape index (κ2) is 7.14. The van der Waals surface area contributed by atoms with E-state index in [1.165, 1.54) is 12.1 Å². The van der Waals surface area contributed by atoms with Crippen LogP contribution in [0.1, 0.15) is 5.56 Å². The van der Waals surface area contributed by atoms with Crippen molar-refractivity contribution < 1.29 is 10.2 Å². The van der Waals surface area contributed by atoms with Crippen LogP contribution in [0, 0.1) is 6.92 Å². The van der Waals surface area contributed by atoms with Crippen molar-refractivity contribution in [3.8, 4) is 11.5 Å². The number of aryl methyl sites for hydroxylation is 1. The molecule has 2 rings (SSSR count). The highest BCUT2D eigenvalue weighted by Crippen LogP contribution is 2.35. The van der Waals surface area contributed by atoms with Crippen molar-refractivity contribution in [1.29, 1.82) is 0 Å². The first-order valence-electron chi connectivity index (χ1n) is 5.31. The molecule has 20 heavy (non-hydrogen) atoms. The molecule has 0 aromatic heterocycles. The van der Waals surface area contributed by atoms with Crippen molar-refractivity contribution in [2.45, 2.75) is 6.92 Å². The number of rotatable bonds is 0. The van der Waals surface area contributed by atoms with Gasteiger partial charge in [-0.05, 0) is 30.7 Å². The van der Waals surface area contributed by atoms with E-state index < -0.39 is 0 Å². The average molecular weight is 355 g/mol. The van der Waals surface area contributed by atoms with Gasteiger partial charge in [-0.15, -0.1) is 0 Å². The van der Waals surface area contributed by atoms with Crippen molar-refractivity contribution in [3.05, 3.63) is 49.9 Å². The van der Waals surface area contributed by atoms with Crippen LogP contribution in [0.2, 0.25) is 20.1 Å². The maximum Gasteiger partial charge on any atom is 0.158 e. The summed E-state index contributed by atoms with van der Waals surface area (Å²) in [5.74, 6) is -0.0941. The van der Waals surface area contributed by atoms with Crippen LogP contribution in [0.4, 0.5) is 5.69 Å². The van der Waals surface area contributed by atoms with Crippen LogP contribution in [0.15, 0.2) is 24.3 Å². The lowest BCUT2D eigenvalue weighted by Gasteiger charge is -2.00. The van der Waals surface area contributed by atoms with Gasteiger partial charge in [0.05, 0.1) is 15.7 Å². The lowest BCUT2D eigenvalue weighted by molar-refractivity contribution is 0.471. The third kappa shape index (κ3) is 4.00. The van der Waals surface area contributed by atoms with Crippen molar-refractivity contribution in [3.63, 3.8) is 0 Å². The van der Waals surface area contributed by atoms with Gasteiger partial charge in [0.2, 0.25) is 0 Å². The molecule has 0 heterocycles. The molecule has 0 amide bonds. The first-order chi connectivity index (χ1) is 9.25. The van der Waals surface area contributed by atoms with Gasteiger partial charge in [0, 0.05) is 0 Å². The van der Waals surface area contributed by atoms with Gasteiger partial charge in [0.15, 0.2) is 5.75 Å². The zero-order valence-electron chi connectivity index (χ0n) is 10.3. The predicted molar refractivity (Wildman–Crippen MR) is 85.4 cm³/mol. The molecular formula is C13H11Cl4NO2. The Morgan fingerprint density at radius 1 is 0.800 bits per heavy atom. The summed E-state index contributed by atoms with van der Waals surface area (Å²) in [5.41, 5.74) is 6.26. The van der Waals surface area contributed by atoms with Crippen LogP contribution in [0.3, 0.4) is 0 Å². The summed E-state index contributed by atoms with van der Waals surface area (Å²) in [6.07, 6.45) is 0. The molecule has 0 radical (unpaired) electrons. The van der Waals surface area contributed by atoms with E-state index in [1.807, 2.05) is 0 Å². The fourth-order valence-corrected chi connectivity index (χ4v) is 1.88. The van der Waals surface area contributed by atoms with Crippen molar-refractivity contribution in [2.75, 3.05) is 5.73 Å². The Kier molecular flexibility index (Phi) is 6.08. The summed E-state index contributed by atoms with van der Waals surface area (Å²) >= 11 is 22.3. The number of aromatic hydroxyl groups is 2. The zero-order valence-corrected chi connectivity index (χ0v) is 13.3. The smallest absolute Gasteiger partial charge is 0.158 e. The molecular weight excluding hydrogens is 344 g/mol. The second-order valence-electron chi connectivity index (χ2n) is 3.83. The Bertz CT molecular complexity index is 523. The molecule has 4 N–H and O–H groups in total. The number of hydrogen-bond acceptors (Lipinski definition) is 3. The highest BCUT2D eigenvalue weighted by molar-refractivity contribution is 6.43. The van der Waals surface area contributed by atoms with E-state index in [4.69, 9.17) is 57.2 Å². The molecule has 2 aromatic rings. The van der Waals surface area contributed by atoms with E-state index in [1.54, 1.807) is 19.1 Å². The number of phenolic OH excluding ortho intramolecular Hbond substituents is 2. The molecule has 3 nitrogen and oxygen atoms in total. The van der Waals surface area contributed by atoms with Gasteiger partial charge in [-0.1, -0.05) is 52.5 Å². The van der Waals surface area contributed by atoms with E-state index in [0.29, 0.717) is 10.0 Å².